The van der Waals surface area contributed by atoms with E-state index in [1.54, 1.807) is 0 Å². The maximum Gasteiger partial charge on any atom is 0.227 e. The quantitative estimate of drug-likeness (QED) is 0.735. The number of H-pyrrole nitrogens is 1. The Bertz CT molecular complexity index is 903. The predicted molar refractivity (Wildman–Crippen MR) is 108 cm³/mol. The number of hydrogen-bond donors (Lipinski definition) is 2. The minimum Gasteiger partial charge on any atom is -0.337 e. The molecule has 1 saturated heterocycles. The molecule has 27 heavy (non-hydrogen) atoms. The lowest BCUT2D eigenvalue weighted by Gasteiger charge is -2.33. The second kappa shape index (κ2) is 6.06. The molecule has 144 valence electrons. The van der Waals surface area contributed by atoms with Crippen LogP contribution in [-0.4, -0.2) is 52.2 Å². The maximum atomic E-state index is 12.4. The van der Waals surface area contributed by atoms with Crippen molar-refractivity contribution in [2.45, 2.75) is 44.1 Å². The Labute approximate surface area is 159 Å². The summed E-state index contributed by atoms with van der Waals surface area (Å²) in [6.07, 6.45) is 8.58. The van der Waals surface area contributed by atoms with E-state index in [1.165, 1.54) is 25.0 Å². The van der Waals surface area contributed by atoms with Crippen LogP contribution in [0.25, 0.3) is 0 Å². The van der Waals surface area contributed by atoms with Gasteiger partial charge in [-0.2, -0.15) is 10.1 Å². The Hall–Kier alpha value is -1.88. The molecule has 2 bridgehead atoms. The number of aromatic nitrogens is 4. The van der Waals surface area contributed by atoms with Crippen molar-refractivity contribution in [2.24, 2.45) is 5.41 Å². The SMILES string of the molecule is CP(C)(=O)CC12CCC(C1)N(c1nccc(Nc3cc(C4CC4)[nH]n3)n1)C2. The summed E-state index contributed by atoms with van der Waals surface area (Å²) in [7, 11) is -2.04. The molecule has 0 aromatic carbocycles. The highest BCUT2D eigenvalue weighted by Gasteiger charge is 2.51. The number of piperidine rings is 1. The molecule has 0 amide bonds. The molecule has 7 nitrogen and oxygen atoms in total. The van der Waals surface area contributed by atoms with Crippen LogP contribution >= 0.6 is 7.14 Å². The van der Waals surface area contributed by atoms with Crippen LogP contribution in [0.2, 0.25) is 0 Å². The average molecular weight is 386 g/mol. The van der Waals surface area contributed by atoms with Crippen molar-refractivity contribution in [1.82, 2.24) is 20.2 Å². The average Bonchev–Trinajstić information content (AvgIpc) is 3.07. The lowest BCUT2D eigenvalue weighted by Crippen LogP contribution is -2.37. The Kier molecular flexibility index (Phi) is 3.87. The van der Waals surface area contributed by atoms with Crippen molar-refractivity contribution >= 4 is 24.7 Å². The number of nitrogens with zero attached hydrogens (tertiary/aromatic N) is 4. The van der Waals surface area contributed by atoms with Gasteiger partial charge in [-0.15, -0.1) is 0 Å². The second-order valence-corrected chi connectivity index (χ2v) is 12.6. The summed E-state index contributed by atoms with van der Waals surface area (Å²) in [4.78, 5) is 11.6. The molecule has 0 radical (unpaired) electrons. The van der Waals surface area contributed by atoms with E-state index in [0.717, 1.165) is 43.1 Å². The Morgan fingerprint density at radius 2 is 2.19 bits per heavy atom. The van der Waals surface area contributed by atoms with Gasteiger partial charge in [0.15, 0.2) is 5.82 Å². The minimum absolute atomic E-state index is 0.178. The van der Waals surface area contributed by atoms with Gasteiger partial charge in [-0.05, 0) is 56.9 Å². The molecule has 2 N–H and O–H groups in total. The zero-order valence-electron chi connectivity index (χ0n) is 16.0. The van der Waals surface area contributed by atoms with Gasteiger partial charge in [0.25, 0.3) is 0 Å². The third-order valence-electron chi connectivity index (χ3n) is 6.11. The predicted octanol–water partition coefficient (Wildman–Crippen LogP) is 3.80. The number of rotatable bonds is 6. The van der Waals surface area contributed by atoms with E-state index < -0.39 is 7.14 Å². The summed E-state index contributed by atoms with van der Waals surface area (Å²) in [5.41, 5.74) is 1.38. The van der Waals surface area contributed by atoms with Crippen LogP contribution in [-0.2, 0) is 4.57 Å². The smallest absolute Gasteiger partial charge is 0.227 e. The van der Waals surface area contributed by atoms with Gasteiger partial charge in [-0.25, -0.2) is 4.98 Å². The number of fused-ring (bicyclic) bond motifs is 2. The van der Waals surface area contributed by atoms with Crippen LogP contribution in [0, 0.1) is 5.41 Å². The summed E-state index contributed by atoms with van der Waals surface area (Å²) in [6.45, 7) is 4.75. The van der Waals surface area contributed by atoms with Gasteiger partial charge in [0, 0.05) is 42.6 Å². The van der Waals surface area contributed by atoms with Crippen molar-refractivity contribution in [1.29, 1.82) is 0 Å². The van der Waals surface area contributed by atoms with Crippen molar-refractivity contribution in [3.05, 3.63) is 24.0 Å². The molecule has 3 heterocycles. The molecule has 3 fully saturated rings. The van der Waals surface area contributed by atoms with E-state index in [1.807, 2.05) is 25.6 Å². The van der Waals surface area contributed by atoms with Gasteiger partial charge in [-0.1, -0.05) is 0 Å². The monoisotopic (exact) mass is 386 g/mol. The normalized spacial score (nSPS) is 27.3. The van der Waals surface area contributed by atoms with Crippen LogP contribution in [0.5, 0.6) is 0 Å². The van der Waals surface area contributed by atoms with Crippen LogP contribution in [0.15, 0.2) is 18.3 Å². The number of nitrogens with one attached hydrogen (secondary N) is 2. The van der Waals surface area contributed by atoms with Gasteiger partial charge in [0.2, 0.25) is 5.95 Å². The Balaban J connectivity index is 1.32. The maximum absolute atomic E-state index is 12.4. The second-order valence-electron chi connectivity index (χ2n) is 9.11. The van der Waals surface area contributed by atoms with Gasteiger partial charge < -0.3 is 14.8 Å². The van der Waals surface area contributed by atoms with E-state index in [9.17, 15) is 4.57 Å². The van der Waals surface area contributed by atoms with E-state index in [2.05, 4.69) is 31.5 Å². The number of anilines is 3. The summed E-state index contributed by atoms with van der Waals surface area (Å²) in [5, 5.41) is 10.8. The third kappa shape index (κ3) is 3.49. The molecular weight excluding hydrogens is 359 g/mol. The van der Waals surface area contributed by atoms with Crippen LogP contribution in [0.1, 0.15) is 43.7 Å². The number of aromatic amines is 1. The van der Waals surface area contributed by atoms with E-state index in [4.69, 9.17) is 4.98 Å². The third-order valence-corrected chi connectivity index (χ3v) is 7.54. The first-order valence-corrected chi connectivity index (χ1v) is 12.6. The van der Waals surface area contributed by atoms with Gasteiger partial charge >= 0.3 is 0 Å². The van der Waals surface area contributed by atoms with E-state index in [0.29, 0.717) is 12.0 Å². The molecule has 2 aromatic rings. The highest BCUT2D eigenvalue weighted by molar-refractivity contribution is 7.62. The minimum atomic E-state index is -2.04. The van der Waals surface area contributed by atoms with Crippen LogP contribution in [0.4, 0.5) is 17.6 Å². The van der Waals surface area contributed by atoms with Crippen LogP contribution in [0.3, 0.4) is 0 Å². The first kappa shape index (κ1) is 17.2. The fourth-order valence-electron chi connectivity index (χ4n) is 5.00. The zero-order valence-corrected chi connectivity index (χ0v) is 16.9. The molecular formula is C19H27N6OP. The molecule has 2 unspecified atom stereocenters. The molecule has 2 aliphatic carbocycles. The first-order chi connectivity index (χ1) is 12.9. The molecule has 0 spiro atoms. The molecule has 2 saturated carbocycles. The largest absolute Gasteiger partial charge is 0.337 e. The first-order valence-electron chi connectivity index (χ1n) is 9.85. The van der Waals surface area contributed by atoms with Crippen molar-refractivity contribution in [3.8, 4) is 0 Å². The van der Waals surface area contributed by atoms with Gasteiger partial charge in [0.1, 0.15) is 5.82 Å². The summed E-state index contributed by atoms with van der Waals surface area (Å²) in [5.74, 6) is 2.99. The Morgan fingerprint density at radius 3 is 2.96 bits per heavy atom. The van der Waals surface area contributed by atoms with E-state index in [-0.39, 0.29) is 5.41 Å². The fraction of sp³-hybridized carbons (Fsp3) is 0.632. The van der Waals surface area contributed by atoms with Gasteiger partial charge in [-0.3, -0.25) is 5.10 Å². The molecule has 5 rings (SSSR count). The zero-order chi connectivity index (χ0) is 18.6. The standard InChI is InChI=1S/C19H27N6OP/c1-27(2,26)12-19-7-5-14(10-19)25(11-19)18-20-8-6-16(22-18)21-17-9-15(23-24-17)13-3-4-13/h6,8-9,13-14H,3-5,7,10-12H2,1-2H3,(H2,20,21,22,23,24). The summed E-state index contributed by atoms with van der Waals surface area (Å²) < 4.78 is 12.4. The Morgan fingerprint density at radius 1 is 1.33 bits per heavy atom. The van der Waals surface area contributed by atoms with Crippen molar-refractivity contribution in [2.75, 3.05) is 36.3 Å². The molecule has 3 aliphatic rings. The van der Waals surface area contributed by atoms with Crippen LogP contribution < -0.4 is 10.2 Å². The lowest BCUT2D eigenvalue weighted by molar-refractivity contribution is 0.370. The molecule has 2 atom stereocenters. The molecule has 1 aliphatic heterocycles. The summed E-state index contributed by atoms with van der Waals surface area (Å²) in [6, 6.07) is 4.43. The van der Waals surface area contributed by atoms with Gasteiger partial charge in [0.05, 0.1) is 7.14 Å². The number of hydrogen-bond acceptors (Lipinski definition) is 6. The summed E-state index contributed by atoms with van der Waals surface area (Å²) >= 11 is 0. The molecule has 2 aromatic heterocycles. The highest BCUT2D eigenvalue weighted by atomic mass is 31.2. The van der Waals surface area contributed by atoms with E-state index >= 15 is 0 Å². The fourth-order valence-corrected chi connectivity index (χ4v) is 7.01. The van der Waals surface area contributed by atoms with Crippen molar-refractivity contribution < 1.29 is 4.57 Å². The lowest BCUT2D eigenvalue weighted by atomic mass is 9.90. The van der Waals surface area contributed by atoms with Crippen molar-refractivity contribution in [3.63, 3.8) is 0 Å². The highest BCUT2D eigenvalue weighted by Crippen LogP contribution is 2.55. The topological polar surface area (TPSA) is 86.8 Å². The molecule has 8 heteroatoms.